The lowest BCUT2D eigenvalue weighted by molar-refractivity contribution is -0.144. The molecule has 2 atom stereocenters. The van der Waals surface area contributed by atoms with Crippen LogP contribution in [0.4, 0.5) is 26.3 Å². The summed E-state index contributed by atoms with van der Waals surface area (Å²) in [5.74, 6) is -0.650. The summed E-state index contributed by atoms with van der Waals surface area (Å²) in [5, 5.41) is 0. The van der Waals surface area contributed by atoms with Gasteiger partial charge in [-0.25, -0.2) is 0 Å². The van der Waals surface area contributed by atoms with E-state index in [4.69, 9.17) is 4.74 Å². The van der Waals surface area contributed by atoms with Gasteiger partial charge in [-0.15, -0.1) is 0 Å². The molecule has 0 aromatic heterocycles. The first-order valence-electron chi connectivity index (χ1n) is 14.4. The molecule has 1 saturated carbocycles. The first kappa shape index (κ1) is 32.8. The van der Waals surface area contributed by atoms with E-state index in [-0.39, 0.29) is 35.9 Å². The van der Waals surface area contributed by atoms with Crippen molar-refractivity contribution < 1.29 is 40.7 Å². The molecule has 1 aliphatic carbocycles. The van der Waals surface area contributed by atoms with Crippen molar-refractivity contribution in [1.29, 1.82) is 0 Å². The van der Waals surface area contributed by atoms with Crippen LogP contribution in [-0.4, -0.2) is 61.5 Å². The monoisotopic (exact) mass is 612 g/mol. The van der Waals surface area contributed by atoms with Gasteiger partial charge < -0.3 is 14.5 Å². The van der Waals surface area contributed by atoms with Gasteiger partial charge in [0, 0.05) is 45.7 Å². The van der Waals surface area contributed by atoms with Gasteiger partial charge in [0.05, 0.1) is 22.6 Å². The Labute approximate surface area is 248 Å². The fourth-order valence-electron chi connectivity index (χ4n) is 6.49. The van der Waals surface area contributed by atoms with Crippen molar-refractivity contribution in [2.24, 2.45) is 11.8 Å². The number of likely N-dealkylation sites (N-methyl/N-ethyl adjacent to an activating group) is 1. The molecule has 43 heavy (non-hydrogen) atoms. The van der Waals surface area contributed by atoms with Gasteiger partial charge in [-0.1, -0.05) is 30.3 Å². The Hall–Kier alpha value is -3.08. The number of carbonyl (C=O) groups excluding carboxylic acids is 2. The van der Waals surface area contributed by atoms with Crippen molar-refractivity contribution >= 4 is 11.8 Å². The fraction of sp³-hybridized carbons (Fsp3) is 0.562. The molecule has 0 bridgehead atoms. The molecule has 236 valence electrons. The predicted molar refractivity (Wildman–Crippen MR) is 149 cm³/mol. The average molecular weight is 613 g/mol. The van der Waals surface area contributed by atoms with Crippen LogP contribution in [0.5, 0.6) is 0 Å². The van der Waals surface area contributed by atoms with Crippen molar-refractivity contribution in [3.63, 3.8) is 0 Å². The van der Waals surface area contributed by atoms with Crippen molar-refractivity contribution in [2.75, 3.05) is 33.9 Å². The van der Waals surface area contributed by atoms with E-state index in [0.717, 1.165) is 31.2 Å². The maximum Gasteiger partial charge on any atom is 0.416 e. The van der Waals surface area contributed by atoms with E-state index in [1.807, 2.05) is 30.3 Å². The van der Waals surface area contributed by atoms with Gasteiger partial charge in [-0.2, -0.15) is 26.3 Å². The molecule has 0 spiro atoms. The number of nitrogens with zero attached hydrogens (tertiary/aromatic N) is 2. The number of benzene rings is 2. The first-order chi connectivity index (χ1) is 20.0. The highest BCUT2D eigenvalue weighted by atomic mass is 19.4. The van der Waals surface area contributed by atoms with E-state index in [1.54, 1.807) is 12.0 Å². The molecule has 4 rings (SSSR count). The molecule has 2 aromatic carbocycles. The van der Waals surface area contributed by atoms with E-state index in [1.165, 1.54) is 25.8 Å². The standard InChI is InChI=1S/C32H38F6N2O3/c1-30(2,23-14-24(31(33,34)35)16-25(15-23)32(36,37)38)29(42)39(3)27-18-40(17-26(27)21-8-6-5-7-9-21)28(41)22-12-10-20(11-13-22)19-43-4/h5-9,14-16,20,22,26-27H,10-13,17-19H2,1-4H3. The Morgan fingerprint density at radius 3 is 1.91 bits per heavy atom. The van der Waals surface area contributed by atoms with Crippen molar-refractivity contribution in [2.45, 2.75) is 69.3 Å². The zero-order valence-electron chi connectivity index (χ0n) is 24.8. The Kier molecular flexibility index (Phi) is 9.54. The Balaban J connectivity index is 1.62. The Morgan fingerprint density at radius 1 is 0.860 bits per heavy atom. The third-order valence-corrected chi connectivity index (χ3v) is 9.09. The molecule has 1 saturated heterocycles. The van der Waals surface area contributed by atoms with Crippen LogP contribution >= 0.6 is 0 Å². The van der Waals surface area contributed by atoms with E-state index in [9.17, 15) is 35.9 Å². The smallest absolute Gasteiger partial charge is 0.384 e. The SMILES string of the molecule is COCC1CCC(C(=O)N2CC(c3ccccc3)C(N(C)C(=O)C(C)(C)c3cc(C(F)(F)F)cc(C(F)(F)F)c3)C2)CC1. The summed E-state index contributed by atoms with van der Waals surface area (Å²) >= 11 is 0. The summed E-state index contributed by atoms with van der Waals surface area (Å²) in [6.45, 7) is 3.88. The molecule has 2 aromatic rings. The fourth-order valence-corrected chi connectivity index (χ4v) is 6.49. The minimum absolute atomic E-state index is 0.00658. The average Bonchev–Trinajstić information content (AvgIpc) is 3.41. The van der Waals surface area contributed by atoms with Crippen LogP contribution in [0.25, 0.3) is 0 Å². The van der Waals surface area contributed by atoms with Crippen LogP contribution in [0.1, 0.15) is 67.7 Å². The number of carbonyl (C=O) groups is 2. The second-order valence-corrected chi connectivity index (χ2v) is 12.3. The second kappa shape index (κ2) is 12.5. The van der Waals surface area contributed by atoms with Crippen molar-refractivity contribution in [3.8, 4) is 0 Å². The highest BCUT2D eigenvalue weighted by Gasteiger charge is 2.46. The lowest BCUT2D eigenvalue weighted by atomic mass is 9.80. The summed E-state index contributed by atoms with van der Waals surface area (Å²) in [7, 11) is 3.17. The highest BCUT2D eigenvalue weighted by Crippen LogP contribution is 2.41. The Bertz CT molecular complexity index is 1250. The zero-order chi connectivity index (χ0) is 31.7. The van der Waals surface area contributed by atoms with Crippen LogP contribution in [-0.2, 0) is 32.1 Å². The quantitative estimate of drug-likeness (QED) is 0.320. The number of methoxy groups -OCH3 is 1. The highest BCUT2D eigenvalue weighted by molar-refractivity contribution is 5.88. The number of amides is 2. The van der Waals surface area contributed by atoms with Gasteiger partial charge in [-0.3, -0.25) is 9.59 Å². The molecular formula is C32H38F6N2O3. The molecule has 2 unspecified atom stereocenters. The van der Waals surface area contributed by atoms with Crippen LogP contribution in [0.2, 0.25) is 0 Å². The number of alkyl halides is 6. The van der Waals surface area contributed by atoms with E-state index < -0.39 is 40.8 Å². The zero-order valence-corrected chi connectivity index (χ0v) is 24.8. The first-order valence-corrected chi connectivity index (χ1v) is 14.4. The minimum atomic E-state index is -5.03. The molecule has 1 aliphatic heterocycles. The van der Waals surface area contributed by atoms with Gasteiger partial charge in [0.1, 0.15) is 0 Å². The van der Waals surface area contributed by atoms with Gasteiger partial charge in [0.15, 0.2) is 0 Å². The van der Waals surface area contributed by atoms with Gasteiger partial charge >= 0.3 is 12.4 Å². The van der Waals surface area contributed by atoms with Crippen molar-refractivity contribution in [1.82, 2.24) is 9.80 Å². The Morgan fingerprint density at radius 2 is 1.40 bits per heavy atom. The molecule has 2 amide bonds. The summed E-state index contributed by atoms with van der Waals surface area (Å²) in [4.78, 5) is 30.8. The van der Waals surface area contributed by atoms with Crippen molar-refractivity contribution in [3.05, 3.63) is 70.8 Å². The number of hydrogen-bond acceptors (Lipinski definition) is 3. The molecule has 0 radical (unpaired) electrons. The van der Waals surface area contributed by atoms with Crippen LogP contribution in [0.15, 0.2) is 48.5 Å². The summed E-state index contributed by atoms with van der Waals surface area (Å²) < 4.78 is 86.8. The normalized spacial score (nSPS) is 23.3. The molecule has 0 N–H and O–H groups in total. The maximum absolute atomic E-state index is 14.0. The summed E-state index contributed by atoms with van der Waals surface area (Å²) in [5.41, 5.74) is -4.17. The molecule has 5 nitrogen and oxygen atoms in total. The number of halogens is 6. The van der Waals surface area contributed by atoms with E-state index >= 15 is 0 Å². The molecule has 2 fully saturated rings. The lowest BCUT2D eigenvalue weighted by Gasteiger charge is -2.36. The van der Waals surface area contributed by atoms with Gasteiger partial charge in [0.2, 0.25) is 11.8 Å². The molecular weight excluding hydrogens is 574 g/mol. The molecule has 2 aliphatic rings. The number of likely N-dealkylation sites (tertiary alicyclic amines) is 1. The third-order valence-electron chi connectivity index (χ3n) is 9.09. The minimum Gasteiger partial charge on any atom is -0.384 e. The van der Waals surface area contributed by atoms with E-state index in [0.29, 0.717) is 31.2 Å². The maximum atomic E-state index is 14.0. The van der Waals surface area contributed by atoms with Gasteiger partial charge in [-0.05, 0) is 74.8 Å². The molecule has 11 heteroatoms. The number of hydrogen-bond donors (Lipinski definition) is 0. The number of ether oxygens (including phenoxy) is 1. The van der Waals surface area contributed by atoms with Crippen LogP contribution in [0, 0.1) is 11.8 Å². The lowest BCUT2D eigenvalue weighted by Crippen LogP contribution is -2.49. The van der Waals surface area contributed by atoms with E-state index in [2.05, 4.69) is 0 Å². The molecule has 1 heterocycles. The third kappa shape index (κ3) is 7.19. The topological polar surface area (TPSA) is 49.9 Å². The largest absolute Gasteiger partial charge is 0.416 e. The second-order valence-electron chi connectivity index (χ2n) is 12.3. The van der Waals surface area contributed by atoms with Gasteiger partial charge in [0.25, 0.3) is 0 Å². The summed E-state index contributed by atoms with van der Waals surface area (Å²) in [6, 6.07) is 10.1. The predicted octanol–water partition coefficient (Wildman–Crippen LogP) is 6.91. The number of rotatable bonds is 7. The summed E-state index contributed by atoms with van der Waals surface area (Å²) in [6.07, 6.45) is -6.82. The van der Waals surface area contributed by atoms with Crippen LogP contribution in [0.3, 0.4) is 0 Å². The van der Waals surface area contributed by atoms with Crippen LogP contribution < -0.4 is 0 Å².